The molecule has 4 nitrogen and oxygen atoms in total. The summed E-state index contributed by atoms with van der Waals surface area (Å²) in [5.74, 6) is -1.25. The molecule has 0 aliphatic heterocycles. The van der Waals surface area contributed by atoms with Gasteiger partial charge in [0, 0.05) is 23.9 Å². The molecule has 120 valence electrons. The second-order valence-electron chi connectivity index (χ2n) is 5.47. The zero-order valence-corrected chi connectivity index (χ0v) is 13.0. The lowest BCUT2D eigenvalue weighted by Gasteiger charge is -2.08. The number of hydrogen-bond donors (Lipinski definition) is 2. The van der Waals surface area contributed by atoms with E-state index in [4.69, 9.17) is 0 Å². The van der Waals surface area contributed by atoms with Crippen LogP contribution in [0.2, 0.25) is 0 Å². The summed E-state index contributed by atoms with van der Waals surface area (Å²) in [5, 5.41) is 16.8. The summed E-state index contributed by atoms with van der Waals surface area (Å²) >= 11 is 0. The first-order valence-electron chi connectivity index (χ1n) is 7.29. The normalized spacial score (nSPS) is 12.6. The minimum Gasteiger partial charge on any atom is -0.393 e. The van der Waals surface area contributed by atoms with E-state index in [0.29, 0.717) is 19.5 Å². The van der Waals surface area contributed by atoms with Gasteiger partial charge < -0.3 is 10.4 Å². The average Bonchev–Trinajstić information content (AvgIpc) is 2.70. The van der Waals surface area contributed by atoms with Gasteiger partial charge in [0.15, 0.2) is 5.82 Å². The maximum Gasteiger partial charge on any atom is 0.151 e. The molecule has 0 spiro atoms. The molecular weight excluding hydrogens is 288 g/mol. The number of benzene rings is 1. The molecule has 2 N–H and O–H groups in total. The number of halogens is 2. The quantitative estimate of drug-likeness (QED) is 0.807. The van der Waals surface area contributed by atoms with Crippen LogP contribution in [0.4, 0.5) is 8.78 Å². The van der Waals surface area contributed by atoms with Crippen LogP contribution in [-0.2, 0) is 6.54 Å². The van der Waals surface area contributed by atoms with Crippen molar-refractivity contribution in [3.8, 4) is 5.69 Å². The maximum absolute atomic E-state index is 13.9. The summed E-state index contributed by atoms with van der Waals surface area (Å²) in [7, 11) is 0. The predicted molar refractivity (Wildman–Crippen MR) is 81.0 cm³/mol. The molecule has 0 bridgehead atoms. The smallest absolute Gasteiger partial charge is 0.151 e. The van der Waals surface area contributed by atoms with Crippen molar-refractivity contribution >= 4 is 0 Å². The monoisotopic (exact) mass is 309 g/mol. The molecule has 6 heteroatoms. The van der Waals surface area contributed by atoms with Crippen LogP contribution in [0.5, 0.6) is 0 Å². The summed E-state index contributed by atoms with van der Waals surface area (Å²) in [6.07, 6.45) is 0.324. The Morgan fingerprint density at radius 1 is 1.32 bits per heavy atom. The average molecular weight is 309 g/mol. The number of hydrogen-bond acceptors (Lipinski definition) is 3. The molecule has 1 aromatic carbocycles. The molecule has 0 fully saturated rings. The van der Waals surface area contributed by atoms with Gasteiger partial charge in [0.1, 0.15) is 11.5 Å². The van der Waals surface area contributed by atoms with Gasteiger partial charge in [-0.25, -0.2) is 13.5 Å². The molecule has 0 aliphatic rings. The SMILES string of the molecule is Cc1nn(-c2ccc(F)cc2F)c(C)c1CNCCC(C)O. The lowest BCUT2D eigenvalue weighted by molar-refractivity contribution is 0.183. The minimum absolute atomic E-state index is 0.234. The van der Waals surface area contributed by atoms with Gasteiger partial charge >= 0.3 is 0 Å². The van der Waals surface area contributed by atoms with Gasteiger partial charge in [0.05, 0.1) is 11.8 Å². The zero-order valence-electron chi connectivity index (χ0n) is 13.0. The Morgan fingerprint density at radius 3 is 2.68 bits per heavy atom. The fraction of sp³-hybridized carbons (Fsp3) is 0.438. The predicted octanol–water partition coefficient (Wildman–Crippen LogP) is 2.63. The Kier molecular flexibility index (Phi) is 5.26. The third-order valence-corrected chi connectivity index (χ3v) is 3.62. The van der Waals surface area contributed by atoms with Crippen LogP contribution in [-0.4, -0.2) is 27.5 Å². The third-order valence-electron chi connectivity index (χ3n) is 3.62. The van der Waals surface area contributed by atoms with Gasteiger partial charge in [0.2, 0.25) is 0 Å². The maximum atomic E-state index is 13.9. The van der Waals surface area contributed by atoms with Gasteiger partial charge in [-0.2, -0.15) is 5.10 Å². The van der Waals surface area contributed by atoms with Gasteiger partial charge in [-0.05, 0) is 45.9 Å². The highest BCUT2D eigenvalue weighted by atomic mass is 19.1. The van der Waals surface area contributed by atoms with Crippen LogP contribution in [0.1, 0.15) is 30.3 Å². The Balaban J connectivity index is 2.19. The van der Waals surface area contributed by atoms with E-state index < -0.39 is 11.6 Å². The highest BCUT2D eigenvalue weighted by Gasteiger charge is 2.15. The first-order chi connectivity index (χ1) is 10.4. The van der Waals surface area contributed by atoms with Crippen LogP contribution < -0.4 is 5.32 Å². The standard InChI is InChI=1S/C16H21F2N3O/c1-10(22)6-7-19-9-14-11(2)20-21(12(14)3)16-5-4-13(17)8-15(16)18/h4-5,8,10,19,22H,6-7,9H2,1-3H3. The number of nitrogens with one attached hydrogen (secondary N) is 1. The van der Waals surface area contributed by atoms with E-state index in [9.17, 15) is 13.9 Å². The summed E-state index contributed by atoms with van der Waals surface area (Å²) in [6, 6.07) is 3.45. The molecule has 1 unspecified atom stereocenters. The molecule has 1 aromatic heterocycles. The second kappa shape index (κ2) is 6.98. The number of aromatic nitrogens is 2. The number of rotatable bonds is 6. The minimum atomic E-state index is -0.640. The topological polar surface area (TPSA) is 50.1 Å². The van der Waals surface area contributed by atoms with Crippen molar-refractivity contribution in [1.29, 1.82) is 0 Å². The number of aryl methyl sites for hydroxylation is 1. The highest BCUT2D eigenvalue weighted by Crippen LogP contribution is 2.20. The largest absolute Gasteiger partial charge is 0.393 e. The Bertz CT molecular complexity index is 653. The highest BCUT2D eigenvalue weighted by molar-refractivity contribution is 5.38. The van der Waals surface area contributed by atoms with Crippen molar-refractivity contribution < 1.29 is 13.9 Å². The van der Waals surface area contributed by atoms with Crippen LogP contribution in [0.15, 0.2) is 18.2 Å². The summed E-state index contributed by atoms with van der Waals surface area (Å²) < 4.78 is 28.4. The van der Waals surface area contributed by atoms with Crippen LogP contribution in [0.3, 0.4) is 0 Å². The van der Waals surface area contributed by atoms with E-state index in [1.165, 1.54) is 16.8 Å². The van der Waals surface area contributed by atoms with Gasteiger partial charge in [-0.1, -0.05) is 0 Å². The van der Waals surface area contributed by atoms with Crippen molar-refractivity contribution in [3.05, 3.63) is 46.8 Å². The Hall–Kier alpha value is -1.79. The molecular formula is C16H21F2N3O. The molecule has 2 rings (SSSR count). The Morgan fingerprint density at radius 2 is 2.05 bits per heavy atom. The number of aliphatic hydroxyl groups excluding tert-OH is 1. The number of nitrogens with zero attached hydrogens (tertiary/aromatic N) is 2. The van der Waals surface area contributed by atoms with Gasteiger partial charge in [0.25, 0.3) is 0 Å². The van der Waals surface area contributed by atoms with Crippen molar-refractivity contribution in [2.24, 2.45) is 0 Å². The van der Waals surface area contributed by atoms with Crippen molar-refractivity contribution in [2.45, 2.75) is 39.8 Å². The molecule has 22 heavy (non-hydrogen) atoms. The first-order valence-corrected chi connectivity index (χ1v) is 7.29. The summed E-state index contributed by atoms with van der Waals surface area (Å²) in [4.78, 5) is 0. The van der Waals surface area contributed by atoms with E-state index in [0.717, 1.165) is 23.0 Å². The van der Waals surface area contributed by atoms with E-state index in [-0.39, 0.29) is 11.8 Å². The molecule has 0 amide bonds. The molecule has 0 saturated heterocycles. The van der Waals surface area contributed by atoms with E-state index in [2.05, 4.69) is 10.4 Å². The lowest BCUT2D eigenvalue weighted by Crippen LogP contribution is -2.19. The summed E-state index contributed by atoms with van der Waals surface area (Å²) in [5.41, 5.74) is 2.82. The van der Waals surface area contributed by atoms with Crippen LogP contribution >= 0.6 is 0 Å². The first kappa shape index (κ1) is 16.6. The molecule has 2 aromatic rings. The zero-order chi connectivity index (χ0) is 16.3. The molecule has 1 atom stereocenters. The third kappa shape index (κ3) is 3.69. The summed E-state index contributed by atoms with van der Waals surface area (Å²) in [6.45, 7) is 6.73. The van der Waals surface area contributed by atoms with Crippen molar-refractivity contribution in [3.63, 3.8) is 0 Å². The van der Waals surface area contributed by atoms with Gasteiger partial charge in [-0.15, -0.1) is 0 Å². The molecule has 0 aliphatic carbocycles. The molecule has 1 heterocycles. The fourth-order valence-corrected chi connectivity index (χ4v) is 2.34. The lowest BCUT2D eigenvalue weighted by atomic mass is 10.2. The van der Waals surface area contributed by atoms with Crippen LogP contribution in [0, 0.1) is 25.5 Å². The molecule has 0 saturated carbocycles. The van der Waals surface area contributed by atoms with E-state index in [1.54, 1.807) is 6.92 Å². The van der Waals surface area contributed by atoms with Crippen LogP contribution in [0.25, 0.3) is 5.69 Å². The molecule has 0 radical (unpaired) electrons. The van der Waals surface area contributed by atoms with Crippen molar-refractivity contribution in [1.82, 2.24) is 15.1 Å². The van der Waals surface area contributed by atoms with E-state index >= 15 is 0 Å². The number of aliphatic hydroxyl groups is 1. The Labute approximate surface area is 128 Å². The second-order valence-corrected chi connectivity index (χ2v) is 5.47. The van der Waals surface area contributed by atoms with E-state index in [1.807, 2.05) is 13.8 Å². The van der Waals surface area contributed by atoms with Crippen molar-refractivity contribution in [2.75, 3.05) is 6.54 Å². The fourth-order valence-electron chi connectivity index (χ4n) is 2.34. The van der Waals surface area contributed by atoms with Gasteiger partial charge in [-0.3, -0.25) is 0 Å².